The van der Waals surface area contributed by atoms with Crippen LogP contribution in [0.3, 0.4) is 0 Å². The summed E-state index contributed by atoms with van der Waals surface area (Å²) < 4.78 is 0. The van der Waals surface area contributed by atoms with Crippen LogP contribution in [-0.4, -0.2) is 48.3 Å². The Morgan fingerprint density at radius 2 is 2.00 bits per heavy atom. The highest BCUT2D eigenvalue weighted by Crippen LogP contribution is 2.05. The molecule has 0 aromatic carbocycles. The highest BCUT2D eigenvalue weighted by Gasteiger charge is 2.24. The standard InChI is InChI=1S/C8H18N2O/c1-6(7(2)11)9-8-4-10(3)5-8/h6-9,11H,4-5H2,1-3H3. The molecule has 2 unspecified atom stereocenters. The number of rotatable bonds is 3. The SMILES string of the molecule is CC(O)C(C)NC1CN(C)C1. The molecule has 0 aromatic rings. The zero-order chi connectivity index (χ0) is 8.43. The fraction of sp³-hybridized carbons (Fsp3) is 1.00. The van der Waals surface area contributed by atoms with Gasteiger partial charge in [0.1, 0.15) is 0 Å². The molecular weight excluding hydrogens is 140 g/mol. The molecule has 0 bridgehead atoms. The number of aliphatic hydroxyl groups is 1. The number of likely N-dealkylation sites (N-methyl/N-ethyl adjacent to an activating group) is 1. The fourth-order valence-electron chi connectivity index (χ4n) is 1.32. The van der Waals surface area contributed by atoms with Crippen molar-refractivity contribution in [1.29, 1.82) is 0 Å². The first-order chi connectivity index (χ1) is 5.09. The van der Waals surface area contributed by atoms with E-state index in [1.807, 2.05) is 13.8 Å². The van der Waals surface area contributed by atoms with Gasteiger partial charge < -0.3 is 15.3 Å². The quantitative estimate of drug-likeness (QED) is 0.590. The van der Waals surface area contributed by atoms with E-state index in [9.17, 15) is 5.11 Å². The van der Waals surface area contributed by atoms with Crippen molar-refractivity contribution in [3.8, 4) is 0 Å². The van der Waals surface area contributed by atoms with Crippen molar-refractivity contribution in [3.63, 3.8) is 0 Å². The van der Waals surface area contributed by atoms with Crippen molar-refractivity contribution < 1.29 is 5.11 Å². The molecule has 1 saturated heterocycles. The third kappa shape index (κ3) is 2.43. The van der Waals surface area contributed by atoms with Gasteiger partial charge >= 0.3 is 0 Å². The second kappa shape index (κ2) is 3.52. The third-order valence-electron chi connectivity index (χ3n) is 2.29. The molecule has 0 spiro atoms. The van der Waals surface area contributed by atoms with Gasteiger partial charge in [0.15, 0.2) is 0 Å². The highest BCUT2D eigenvalue weighted by molar-refractivity contribution is 4.86. The Morgan fingerprint density at radius 3 is 2.36 bits per heavy atom. The Hall–Kier alpha value is -0.120. The van der Waals surface area contributed by atoms with Gasteiger partial charge in [-0.15, -0.1) is 0 Å². The van der Waals surface area contributed by atoms with Gasteiger partial charge in [0.05, 0.1) is 6.10 Å². The summed E-state index contributed by atoms with van der Waals surface area (Å²) in [4.78, 5) is 2.26. The van der Waals surface area contributed by atoms with Crippen molar-refractivity contribution in [2.24, 2.45) is 0 Å². The summed E-state index contributed by atoms with van der Waals surface area (Å²) in [7, 11) is 2.10. The molecular formula is C8H18N2O. The van der Waals surface area contributed by atoms with Crippen LogP contribution in [-0.2, 0) is 0 Å². The lowest BCUT2D eigenvalue weighted by molar-refractivity contribution is 0.103. The van der Waals surface area contributed by atoms with Crippen LogP contribution in [0.15, 0.2) is 0 Å². The lowest BCUT2D eigenvalue weighted by Crippen LogP contribution is -2.59. The molecule has 1 aliphatic heterocycles. The summed E-state index contributed by atoms with van der Waals surface area (Å²) in [6.07, 6.45) is -0.249. The van der Waals surface area contributed by atoms with E-state index in [1.165, 1.54) is 0 Å². The van der Waals surface area contributed by atoms with Crippen molar-refractivity contribution in [2.75, 3.05) is 20.1 Å². The summed E-state index contributed by atoms with van der Waals surface area (Å²) in [5.41, 5.74) is 0. The summed E-state index contributed by atoms with van der Waals surface area (Å²) in [5, 5.41) is 12.5. The molecule has 0 saturated carbocycles. The van der Waals surface area contributed by atoms with Crippen LogP contribution in [0.2, 0.25) is 0 Å². The third-order valence-corrected chi connectivity index (χ3v) is 2.29. The summed E-state index contributed by atoms with van der Waals surface area (Å²) in [6.45, 7) is 6.05. The number of nitrogens with one attached hydrogen (secondary N) is 1. The van der Waals surface area contributed by atoms with Crippen molar-refractivity contribution in [1.82, 2.24) is 10.2 Å². The van der Waals surface area contributed by atoms with E-state index in [0.29, 0.717) is 6.04 Å². The first kappa shape index (κ1) is 8.97. The lowest BCUT2D eigenvalue weighted by Gasteiger charge is -2.39. The minimum atomic E-state index is -0.249. The predicted molar refractivity (Wildman–Crippen MR) is 45.6 cm³/mol. The van der Waals surface area contributed by atoms with Crippen molar-refractivity contribution in [2.45, 2.75) is 32.0 Å². The average Bonchev–Trinajstić information content (AvgIpc) is 1.84. The molecule has 2 N–H and O–H groups in total. The van der Waals surface area contributed by atoms with Gasteiger partial charge in [-0.25, -0.2) is 0 Å². The van der Waals surface area contributed by atoms with Gasteiger partial charge in [-0.1, -0.05) is 0 Å². The topological polar surface area (TPSA) is 35.5 Å². The van der Waals surface area contributed by atoms with Gasteiger partial charge in [-0.05, 0) is 20.9 Å². The van der Waals surface area contributed by atoms with Gasteiger partial charge in [0, 0.05) is 25.2 Å². The van der Waals surface area contributed by atoms with E-state index in [-0.39, 0.29) is 12.1 Å². The minimum absolute atomic E-state index is 0.216. The maximum Gasteiger partial charge on any atom is 0.0662 e. The molecule has 1 aliphatic rings. The molecule has 0 aromatic heterocycles. The van der Waals surface area contributed by atoms with E-state index in [1.54, 1.807) is 0 Å². The van der Waals surface area contributed by atoms with Gasteiger partial charge in [0.2, 0.25) is 0 Å². The van der Waals surface area contributed by atoms with Crippen LogP contribution >= 0.6 is 0 Å². The number of hydrogen-bond donors (Lipinski definition) is 2. The lowest BCUT2D eigenvalue weighted by atomic mass is 10.1. The Morgan fingerprint density at radius 1 is 1.45 bits per heavy atom. The van der Waals surface area contributed by atoms with Crippen LogP contribution in [0.4, 0.5) is 0 Å². The molecule has 0 radical (unpaired) electrons. The summed E-state index contributed by atoms with van der Waals surface area (Å²) >= 11 is 0. The zero-order valence-corrected chi connectivity index (χ0v) is 7.54. The Balaban J connectivity index is 2.11. The summed E-state index contributed by atoms with van der Waals surface area (Å²) in [5.74, 6) is 0. The number of likely N-dealkylation sites (tertiary alicyclic amines) is 1. The van der Waals surface area contributed by atoms with E-state index in [4.69, 9.17) is 0 Å². The molecule has 0 aliphatic carbocycles. The second-order valence-electron chi connectivity index (χ2n) is 3.61. The molecule has 3 nitrogen and oxygen atoms in total. The number of aliphatic hydroxyl groups excluding tert-OH is 1. The smallest absolute Gasteiger partial charge is 0.0662 e. The van der Waals surface area contributed by atoms with E-state index in [0.717, 1.165) is 13.1 Å². The van der Waals surface area contributed by atoms with Crippen molar-refractivity contribution in [3.05, 3.63) is 0 Å². The monoisotopic (exact) mass is 158 g/mol. The zero-order valence-electron chi connectivity index (χ0n) is 7.54. The van der Waals surface area contributed by atoms with E-state index in [2.05, 4.69) is 17.3 Å². The molecule has 1 rings (SSSR count). The number of nitrogens with zero attached hydrogens (tertiary/aromatic N) is 1. The number of hydrogen-bond acceptors (Lipinski definition) is 3. The first-order valence-electron chi connectivity index (χ1n) is 4.22. The van der Waals surface area contributed by atoms with Gasteiger partial charge in [-0.2, -0.15) is 0 Å². The van der Waals surface area contributed by atoms with E-state index < -0.39 is 0 Å². The fourth-order valence-corrected chi connectivity index (χ4v) is 1.32. The summed E-state index contributed by atoms with van der Waals surface area (Å²) in [6, 6.07) is 0.804. The molecule has 1 heterocycles. The van der Waals surface area contributed by atoms with Crippen LogP contribution in [0.1, 0.15) is 13.8 Å². The van der Waals surface area contributed by atoms with Crippen LogP contribution < -0.4 is 5.32 Å². The predicted octanol–water partition coefficient (Wildman–Crippen LogP) is -0.341. The molecule has 66 valence electrons. The van der Waals surface area contributed by atoms with Crippen LogP contribution in [0, 0.1) is 0 Å². The maximum absolute atomic E-state index is 9.18. The van der Waals surface area contributed by atoms with Crippen LogP contribution in [0.5, 0.6) is 0 Å². The normalized spacial score (nSPS) is 26.2. The average molecular weight is 158 g/mol. The highest BCUT2D eigenvalue weighted by atomic mass is 16.3. The minimum Gasteiger partial charge on any atom is -0.392 e. The van der Waals surface area contributed by atoms with Gasteiger partial charge in [-0.3, -0.25) is 0 Å². The Kier molecular flexibility index (Phi) is 2.87. The molecule has 11 heavy (non-hydrogen) atoms. The van der Waals surface area contributed by atoms with Crippen molar-refractivity contribution >= 4 is 0 Å². The van der Waals surface area contributed by atoms with Crippen LogP contribution in [0.25, 0.3) is 0 Å². The molecule has 2 atom stereocenters. The second-order valence-corrected chi connectivity index (χ2v) is 3.61. The van der Waals surface area contributed by atoms with Gasteiger partial charge in [0.25, 0.3) is 0 Å². The molecule has 1 fully saturated rings. The first-order valence-corrected chi connectivity index (χ1v) is 4.22. The largest absolute Gasteiger partial charge is 0.392 e. The maximum atomic E-state index is 9.18. The Labute approximate surface area is 68.4 Å². The van der Waals surface area contributed by atoms with E-state index >= 15 is 0 Å². The molecule has 3 heteroatoms. The molecule has 0 amide bonds. The Bertz CT molecular complexity index is 121.